The van der Waals surface area contributed by atoms with Crippen LogP contribution in [0, 0.1) is 19.7 Å². The van der Waals surface area contributed by atoms with Crippen LogP contribution in [0.15, 0.2) is 23.6 Å². The van der Waals surface area contributed by atoms with E-state index in [0.717, 1.165) is 11.3 Å². The predicted octanol–water partition coefficient (Wildman–Crippen LogP) is 2.78. The number of rotatable bonds is 5. The molecule has 3 heterocycles. The number of aromatic nitrogens is 5. The summed E-state index contributed by atoms with van der Waals surface area (Å²) < 4.78 is 20.4. The molecule has 0 fully saturated rings. The molecule has 3 N–H and O–H groups in total. The number of hydrogen-bond acceptors (Lipinski definition) is 8. The third-order valence-electron chi connectivity index (χ3n) is 4.59. The molecule has 0 unspecified atom stereocenters. The van der Waals surface area contributed by atoms with Gasteiger partial charge in [0.25, 0.3) is 5.78 Å². The average Bonchev–Trinajstić information content (AvgIpc) is 3.31. The Kier molecular flexibility index (Phi) is 5.04. The molecule has 0 saturated heterocycles. The van der Waals surface area contributed by atoms with E-state index >= 15 is 0 Å². The summed E-state index contributed by atoms with van der Waals surface area (Å²) >= 11 is 1.24. The summed E-state index contributed by atoms with van der Waals surface area (Å²) in [6.45, 7) is 3.63. The number of ether oxygens (including phenoxy) is 1. The van der Waals surface area contributed by atoms with Crippen molar-refractivity contribution in [2.75, 3.05) is 18.2 Å². The van der Waals surface area contributed by atoms with Crippen LogP contribution < -0.4 is 15.8 Å². The minimum Gasteiger partial charge on any atom is -0.496 e. The van der Waals surface area contributed by atoms with E-state index in [9.17, 15) is 9.18 Å². The van der Waals surface area contributed by atoms with Crippen LogP contribution in [0.2, 0.25) is 0 Å². The molecule has 0 bridgehead atoms. The van der Waals surface area contributed by atoms with Gasteiger partial charge in [0.2, 0.25) is 11.9 Å². The molecular weight excluding hydrogens is 409 g/mol. The number of hydrogen-bond donors (Lipinski definition) is 2. The number of fused-ring (bicyclic) bond motifs is 1. The largest absolute Gasteiger partial charge is 0.496 e. The maximum atomic E-state index is 13.6. The standard InChI is InChI=1S/C19H18FN7O2S/c1-9-12(10(2)27-18(22-9)25-17(21)26-27)7-16(28)24-19-23-14(8-30-19)13-6-11(20)4-5-15(13)29-3/h4-6,8H,7H2,1-3H3,(H2,21,26)(H,23,24,28). The minimum absolute atomic E-state index is 0.0819. The van der Waals surface area contributed by atoms with E-state index < -0.39 is 5.82 Å². The van der Waals surface area contributed by atoms with Crippen LogP contribution in [0.3, 0.4) is 0 Å². The van der Waals surface area contributed by atoms with Gasteiger partial charge in [0, 0.05) is 27.9 Å². The number of methoxy groups -OCH3 is 1. The molecule has 1 aromatic carbocycles. The lowest BCUT2D eigenvalue weighted by atomic mass is 10.1. The van der Waals surface area contributed by atoms with Gasteiger partial charge in [-0.25, -0.2) is 14.4 Å². The van der Waals surface area contributed by atoms with Gasteiger partial charge in [-0.1, -0.05) is 0 Å². The topological polar surface area (TPSA) is 120 Å². The second kappa shape index (κ2) is 7.67. The first-order valence-corrected chi connectivity index (χ1v) is 9.81. The zero-order chi connectivity index (χ0) is 21.4. The summed E-state index contributed by atoms with van der Waals surface area (Å²) in [5, 5.41) is 9.01. The molecule has 30 heavy (non-hydrogen) atoms. The van der Waals surface area contributed by atoms with Gasteiger partial charge in [-0.05, 0) is 32.0 Å². The van der Waals surface area contributed by atoms with Crippen molar-refractivity contribution in [3.8, 4) is 17.0 Å². The lowest BCUT2D eigenvalue weighted by molar-refractivity contribution is -0.115. The quantitative estimate of drug-likeness (QED) is 0.502. The van der Waals surface area contributed by atoms with E-state index in [1.54, 1.807) is 12.3 Å². The highest BCUT2D eigenvalue weighted by Gasteiger charge is 2.17. The first-order chi connectivity index (χ1) is 14.4. The number of carbonyl (C=O) groups is 1. The minimum atomic E-state index is -0.396. The molecule has 11 heteroatoms. The number of thiazole rings is 1. The van der Waals surface area contributed by atoms with Crippen molar-refractivity contribution in [3.63, 3.8) is 0 Å². The average molecular weight is 427 g/mol. The molecule has 0 aliphatic rings. The molecule has 3 aromatic heterocycles. The molecule has 0 atom stereocenters. The zero-order valence-electron chi connectivity index (χ0n) is 16.4. The fraction of sp³-hybridized carbons (Fsp3) is 0.211. The van der Waals surface area contributed by atoms with Crippen molar-refractivity contribution < 1.29 is 13.9 Å². The number of benzene rings is 1. The van der Waals surface area contributed by atoms with Gasteiger partial charge in [-0.15, -0.1) is 16.4 Å². The van der Waals surface area contributed by atoms with Crippen molar-refractivity contribution >= 4 is 34.1 Å². The second-order valence-corrected chi connectivity index (χ2v) is 7.41. The molecule has 0 spiro atoms. The second-order valence-electron chi connectivity index (χ2n) is 6.55. The molecule has 0 aliphatic carbocycles. The van der Waals surface area contributed by atoms with E-state index in [-0.39, 0.29) is 18.3 Å². The fourth-order valence-corrected chi connectivity index (χ4v) is 3.87. The zero-order valence-corrected chi connectivity index (χ0v) is 17.2. The molecule has 0 saturated carbocycles. The SMILES string of the molecule is COc1ccc(F)cc1-c1csc(NC(=O)Cc2c(C)nc3nc(N)nn3c2C)n1. The van der Waals surface area contributed by atoms with Crippen LogP contribution in [0.1, 0.15) is 17.0 Å². The van der Waals surface area contributed by atoms with Crippen molar-refractivity contribution in [2.45, 2.75) is 20.3 Å². The van der Waals surface area contributed by atoms with Gasteiger partial charge in [0.15, 0.2) is 5.13 Å². The van der Waals surface area contributed by atoms with Crippen LogP contribution in [0.4, 0.5) is 15.5 Å². The number of aryl methyl sites for hydroxylation is 2. The molecule has 1 amide bonds. The summed E-state index contributed by atoms with van der Waals surface area (Å²) in [6.07, 6.45) is 0.0819. The van der Waals surface area contributed by atoms with Gasteiger partial charge >= 0.3 is 0 Å². The Bertz CT molecular complexity index is 1270. The first kappa shape index (κ1) is 19.7. The highest BCUT2D eigenvalue weighted by atomic mass is 32.1. The van der Waals surface area contributed by atoms with E-state index in [2.05, 4.69) is 25.4 Å². The third-order valence-corrected chi connectivity index (χ3v) is 5.35. The Morgan fingerprint density at radius 1 is 1.30 bits per heavy atom. The molecule has 4 rings (SSSR count). The maximum absolute atomic E-state index is 13.6. The van der Waals surface area contributed by atoms with E-state index in [1.807, 2.05) is 6.92 Å². The number of nitrogens with two attached hydrogens (primary N) is 1. The van der Waals surface area contributed by atoms with Gasteiger partial charge in [-0.3, -0.25) is 4.79 Å². The monoisotopic (exact) mass is 427 g/mol. The van der Waals surface area contributed by atoms with E-state index in [0.29, 0.717) is 33.6 Å². The third kappa shape index (κ3) is 3.66. The Morgan fingerprint density at radius 2 is 2.10 bits per heavy atom. The summed E-state index contributed by atoms with van der Waals surface area (Å²) in [5.74, 6) is 0.349. The summed E-state index contributed by atoms with van der Waals surface area (Å²) in [4.78, 5) is 25.4. The summed E-state index contributed by atoms with van der Waals surface area (Å²) in [5.41, 5.74) is 8.81. The molecule has 154 valence electrons. The van der Waals surface area contributed by atoms with E-state index in [1.165, 1.54) is 41.2 Å². The van der Waals surface area contributed by atoms with Crippen LogP contribution >= 0.6 is 11.3 Å². The maximum Gasteiger partial charge on any atom is 0.254 e. The molecule has 9 nitrogen and oxygen atoms in total. The number of halogens is 1. The van der Waals surface area contributed by atoms with Crippen molar-refractivity contribution in [2.24, 2.45) is 0 Å². The van der Waals surface area contributed by atoms with Crippen LogP contribution in [0.25, 0.3) is 17.0 Å². The smallest absolute Gasteiger partial charge is 0.254 e. The van der Waals surface area contributed by atoms with Crippen LogP contribution in [-0.2, 0) is 11.2 Å². The number of carbonyl (C=O) groups excluding carboxylic acids is 1. The Labute approximate surface area is 174 Å². The highest BCUT2D eigenvalue weighted by molar-refractivity contribution is 7.14. The number of nitrogen functional groups attached to an aromatic ring is 1. The van der Waals surface area contributed by atoms with Gasteiger partial charge in [0.1, 0.15) is 11.6 Å². The van der Waals surface area contributed by atoms with Crippen molar-refractivity contribution in [1.29, 1.82) is 0 Å². The van der Waals surface area contributed by atoms with Crippen LogP contribution in [0.5, 0.6) is 5.75 Å². The lowest BCUT2D eigenvalue weighted by Gasteiger charge is -2.09. The fourth-order valence-electron chi connectivity index (χ4n) is 3.14. The molecular formula is C19H18FN7O2S. The number of nitrogens with zero attached hydrogens (tertiary/aromatic N) is 5. The highest BCUT2D eigenvalue weighted by Crippen LogP contribution is 2.32. The normalized spacial score (nSPS) is 11.1. The first-order valence-electron chi connectivity index (χ1n) is 8.93. The summed E-state index contributed by atoms with van der Waals surface area (Å²) in [7, 11) is 1.50. The Balaban J connectivity index is 1.55. The van der Waals surface area contributed by atoms with Crippen molar-refractivity contribution in [1.82, 2.24) is 24.6 Å². The molecule has 0 aliphatic heterocycles. The van der Waals surface area contributed by atoms with Gasteiger partial charge in [0.05, 0.1) is 19.2 Å². The summed E-state index contributed by atoms with van der Waals surface area (Å²) in [6, 6.07) is 4.19. The number of nitrogens with one attached hydrogen (secondary N) is 1. The van der Waals surface area contributed by atoms with Gasteiger partial charge < -0.3 is 15.8 Å². The Morgan fingerprint density at radius 3 is 2.87 bits per heavy atom. The van der Waals surface area contributed by atoms with Crippen molar-refractivity contribution in [3.05, 3.63) is 46.3 Å². The van der Waals surface area contributed by atoms with Gasteiger partial charge in [-0.2, -0.15) is 9.50 Å². The lowest BCUT2D eigenvalue weighted by Crippen LogP contribution is -2.17. The molecule has 4 aromatic rings. The predicted molar refractivity (Wildman–Crippen MR) is 111 cm³/mol. The number of anilines is 2. The van der Waals surface area contributed by atoms with E-state index in [4.69, 9.17) is 10.5 Å². The number of amides is 1. The Hall–Kier alpha value is -3.60. The van der Waals surface area contributed by atoms with Crippen LogP contribution in [-0.4, -0.2) is 37.6 Å². The molecule has 0 radical (unpaired) electrons.